The van der Waals surface area contributed by atoms with Gasteiger partial charge in [0.15, 0.2) is 0 Å². The van der Waals surface area contributed by atoms with Gasteiger partial charge < -0.3 is 15.3 Å². The largest absolute Gasteiger partial charge is 0.391 e. The maximum Gasteiger partial charge on any atom is 0.225 e. The van der Waals surface area contributed by atoms with Crippen LogP contribution in [0.15, 0.2) is 12.4 Å². The van der Waals surface area contributed by atoms with Gasteiger partial charge in [0, 0.05) is 37.6 Å². The van der Waals surface area contributed by atoms with E-state index >= 15 is 0 Å². The summed E-state index contributed by atoms with van der Waals surface area (Å²) in [6.45, 7) is 2.26. The molecule has 0 spiro atoms. The highest BCUT2D eigenvalue weighted by Gasteiger charge is 2.21. The predicted molar refractivity (Wildman–Crippen MR) is 57.6 cm³/mol. The van der Waals surface area contributed by atoms with Crippen LogP contribution in [0.4, 0.5) is 5.95 Å². The molecule has 1 unspecified atom stereocenters. The fraction of sp³-hybridized carbons (Fsp3) is 0.600. The Morgan fingerprint density at radius 3 is 2.80 bits per heavy atom. The third-order valence-electron chi connectivity index (χ3n) is 2.52. The van der Waals surface area contributed by atoms with Gasteiger partial charge in [-0.1, -0.05) is 0 Å². The highest BCUT2D eigenvalue weighted by molar-refractivity contribution is 5.31. The molecule has 1 aliphatic rings. The van der Waals surface area contributed by atoms with Crippen LogP contribution < -0.4 is 10.2 Å². The van der Waals surface area contributed by atoms with Gasteiger partial charge >= 0.3 is 0 Å². The zero-order valence-corrected chi connectivity index (χ0v) is 8.85. The molecule has 1 aliphatic heterocycles. The van der Waals surface area contributed by atoms with Gasteiger partial charge in [-0.15, -0.1) is 0 Å². The number of anilines is 1. The Morgan fingerprint density at radius 2 is 2.27 bits per heavy atom. The number of β-amino-alcohol motifs (C(OH)–C–C–N with tert-alkyl or cyclic N) is 1. The molecule has 0 radical (unpaired) electrons. The van der Waals surface area contributed by atoms with Crippen LogP contribution in [0.2, 0.25) is 0 Å². The lowest BCUT2D eigenvalue weighted by atomic mass is 10.3. The van der Waals surface area contributed by atoms with Crippen molar-refractivity contribution in [1.29, 1.82) is 0 Å². The lowest BCUT2D eigenvalue weighted by Crippen LogP contribution is -2.23. The second kappa shape index (κ2) is 4.55. The lowest BCUT2D eigenvalue weighted by molar-refractivity contribution is 0.198. The van der Waals surface area contributed by atoms with Crippen molar-refractivity contribution in [3.8, 4) is 0 Å². The Morgan fingerprint density at radius 1 is 1.53 bits per heavy atom. The molecule has 5 heteroatoms. The summed E-state index contributed by atoms with van der Waals surface area (Å²) in [4.78, 5) is 10.6. The van der Waals surface area contributed by atoms with Crippen LogP contribution in [0, 0.1) is 0 Å². The quantitative estimate of drug-likeness (QED) is 0.718. The average molecular weight is 208 g/mol. The van der Waals surface area contributed by atoms with E-state index in [-0.39, 0.29) is 6.10 Å². The molecule has 1 fully saturated rings. The summed E-state index contributed by atoms with van der Waals surface area (Å²) in [6.07, 6.45) is 4.22. The number of aromatic nitrogens is 2. The lowest BCUT2D eigenvalue weighted by Gasteiger charge is -2.14. The van der Waals surface area contributed by atoms with E-state index in [0.717, 1.165) is 25.1 Å². The molecule has 0 amide bonds. The maximum atomic E-state index is 9.39. The molecule has 0 saturated carbocycles. The molecular weight excluding hydrogens is 192 g/mol. The topological polar surface area (TPSA) is 61.3 Å². The molecule has 1 aromatic rings. The van der Waals surface area contributed by atoms with Crippen LogP contribution in [-0.2, 0) is 6.54 Å². The first kappa shape index (κ1) is 10.3. The van der Waals surface area contributed by atoms with Gasteiger partial charge in [-0.25, -0.2) is 9.97 Å². The van der Waals surface area contributed by atoms with Gasteiger partial charge in [0.25, 0.3) is 0 Å². The van der Waals surface area contributed by atoms with Crippen LogP contribution in [0.25, 0.3) is 0 Å². The minimum absolute atomic E-state index is 0.231. The standard InChI is InChI=1S/C10H16N4O/c1-11-4-8-5-12-10(13-6-8)14-3-2-9(15)7-14/h5-6,9,11,15H,2-4,7H2,1H3. The number of hydrogen-bond acceptors (Lipinski definition) is 5. The number of nitrogens with zero attached hydrogens (tertiary/aromatic N) is 3. The number of nitrogens with one attached hydrogen (secondary N) is 1. The van der Waals surface area contributed by atoms with Crippen molar-refractivity contribution in [3.63, 3.8) is 0 Å². The first-order chi connectivity index (χ1) is 7.29. The molecule has 1 saturated heterocycles. The van der Waals surface area contributed by atoms with Crippen LogP contribution in [0.3, 0.4) is 0 Å². The molecule has 2 N–H and O–H groups in total. The van der Waals surface area contributed by atoms with Gasteiger partial charge in [0.2, 0.25) is 5.95 Å². The number of rotatable bonds is 3. The highest BCUT2D eigenvalue weighted by atomic mass is 16.3. The third kappa shape index (κ3) is 2.43. The fourth-order valence-corrected chi connectivity index (χ4v) is 1.73. The van der Waals surface area contributed by atoms with Crippen molar-refractivity contribution in [2.75, 3.05) is 25.0 Å². The SMILES string of the molecule is CNCc1cnc(N2CCC(O)C2)nc1. The Bertz CT molecular complexity index is 314. The van der Waals surface area contributed by atoms with Crippen molar-refractivity contribution < 1.29 is 5.11 Å². The van der Waals surface area contributed by atoms with E-state index in [1.807, 2.05) is 24.3 Å². The smallest absolute Gasteiger partial charge is 0.225 e. The summed E-state index contributed by atoms with van der Waals surface area (Å²) in [6, 6.07) is 0. The van der Waals surface area contributed by atoms with Crippen LogP contribution in [0.5, 0.6) is 0 Å². The van der Waals surface area contributed by atoms with Crippen molar-refractivity contribution in [2.45, 2.75) is 19.1 Å². The van der Waals surface area contributed by atoms with E-state index in [2.05, 4.69) is 15.3 Å². The number of aliphatic hydroxyl groups is 1. The Balaban J connectivity index is 2.03. The summed E-state index contributed by atoms with van der Waals surface area (Å²) in [7, 11) is 1.89. The first-order valence-corrected chi connectivity index (χ1v) is 5.18. The molecule has 5 nitrogen and oxygen atoms in total. The van der Waals surface area contributed by atoms with Crippen molar-refractivity contribution in [3.05, 3.63) is 18.0 Å². The highest BCUT2D eigenvalue weighted by Crippen LogP contribution is 2.15. The van der Waals surface area contributed by atoms with Crippen LogP contribution in [-0.4, -0.2) is 41.3 Å². The van der Waals surface area contributed by atoms with Gasteiger partial charge in [0.1, 0.15) is 0 Å². The number of aliphatic hydroxyl groups excluding tert-OH is 1. The Labute approximate surface area is 89.2 Å². The minimum Gasteiger partial charge on any atom is -0.391 e. The molecule has 82 valence electrons. The molecule has 2 heterocycles. The molecular formula is C10H16N4O. The zero-order chi connectivity index (χ0) is 10.7. The van der Waals surface area contributed by atoms with Crippen LogP contribution >= 0.6 is 0 Å². The molecule has 0 aromatic carbocycles. The summed E-state index contributed by atoms with van der Waals surface area (Å²) >= 11 is 0. The zero-order valence-electron chi connectivity index (χ0n) is 8.85. The molecule has 1 aromatic heterocycles. The summed E-state index contributed by atoms with van der Waals surface area (Å²) < 4.78 is 0. The van der Waals surface area contributed by atoms with Crippen molar-refractivity contribution in [2.24, 2.45) is 0 Å². The summed E-state index contributed by atoms with van der Waals surface area (Å²) in [5.74, 6) is 0.714. The number of hydrogen-bond donors (Lipinski definition) is 2. The van der Waals surface area contributed by atoms with E-state index in [9.17, 15) is 5.11 Å². The van der Waals surface area contributed by atoms with Crippen molar-refractivity contribution >= 4 is 5.95 Å². The average Bonchev–Trinajstić information content (AvgIpc) is 2.67. The van der Waals surface area contributed by atoms with E-state index < -0.39 is 0 Å². The van der Waals surface area contributed by atoms with Gasteiger partial charge in [-0.2, -0.15) is 0 Å². The Hall–Kier alpha value is -1.20. The minimum atomic E-state index is -0.231. The Kier molecular flexibility index (Phi) is 3.13. The maximum absolute atomic E-state index is 9.39. The molecule has 1 atom stereocenters. The molecule has 15 heavy (non-hydrogen) atoms. The van der Waals surface area contributed by atoms with Gasteiger partial charge in [0.05, 0.1) is 6.10 Å². The van der Waals surface area contributed by atoms with Gasteiger partial charge in [-0.05, 0) is 13.5 Å². The van der Waals surface area contributed by atoms with Crippen LogP contribution in [0.1, 0.15) is 12.0 Å². The van der Waals surface area contributed by atoms with Crippen molar-refractivity contribution in [1.82, 2.24) is 15.3 Å². The molecule has 0 bridgehead atoms. The summed E-state index contributed by atoms with van der Waals surface area (Å²) in [5.41, 5.74) is 1.07. The summed E-state index contributed by atoms with van der Waals surface area (Å²) in [5, 5.41) is 12.4. The second-order valence-corrected chi connectivity index (χ2v) is 3.81. The van der Waals surface area contributed by atoms with E-state index in [1.165, 1.54) is 0 Å². The molecule has 0 aliphatic carbocycles. The van der Waals surface area contributed by atoms with E-state index in [0.29, 0.717) is 12.5 Å². The fourth-order valence-electron chi connectivity index (χ4n) is 1.73. The third-order valence-corrected chi connectivity index (χ3v) is 2.52. The second-order valence-electron chi connectivity index (χ2n) is 3.81. The van der Waals surface area contributed by atoms with Gasteiger partial charge in [-0.3, -0.25) is 0 Å². The first-order valence-electron chi connectivity index (χ1n) is 5.18. The monoisotopic (exact) mass is 208 g/mol. The normalized spacial score (nSPS) is 20.9. The van der Waals surface area contributed by atoms with E-state index in [1.54, 1.807) is 0 Å². The predicted octanol–water partition coefficient (Wildman–Crippen LogP) is -0.233. The van der Waals surface area contributed by atoms with E-state index in [4.69, 9.17) is 0 Å². The molecule has 2 rings (SSSR count).